The minimum Gasteiger partial charge on any atom is -0.506 e. The Morgan fingerprint density at radius 2 is 2.12 bits per heavy atom. The predicted octanol–water partition coefficient (Wildman–Crippen LogP) is 2.25. The third-order valence-electron chi connectivity index (χ3n) is 1.98. The van der Waals surface area contributed by atoms with Crippen molar-refractivity contribution in [3.63, 3.8) is 0 Å². The highest BCUT2D eigenvalue weighted by molar-refractivity contribution is 9.08. The van der Waals surface area contributed by atoms with Gasteiger partial charge in [0, 0.05) is 10.9 Å². The minimum absolute atomic E-state index is 0.0870. The molecule has 0 saturated carbocycles. The van der Waals surface area contributed by atoms with Crippen LogP contribution in [0.1, 0.15) is 23.2 Å². The second kappa shape index (κ2) is 5.20. The quantitative estimate of drug-likeness (QED) is 0.836. The van der Waals surface area contributed by atoms with E-state index in [0.29, 0.717) is 0 Å². The molecule has 0 aliphatic rings. The molecule has 0 atom stereocenters. The van der Waals surface area contributed by atoms with Gasteiger partial charge in [0.15, 0.2) is 0 Å². The third kappa shape index (κ3) is 2.66. The van der Waals surface area contributed by atoms with Crippen LogP contribution in [0.25, 0.3) is 0 Å². The van der Waals surface area contributed by atoms with E-state index in [0.717, 1.165) is 6.20 Å². The largest absolute Gasteiger partial charge is 0.506 e. The van der Waals surface area contributed by atoms with Gasteiger partial charge in [-0.15, -0.1) is 0 Å². The summed E-state index contributed by atoms with van der Waals surface area (Å²) in [6.07, 6.45) is -2.57. The van der Waals surface area contributed by atoms with E-state index in [9.17, 15) is 18.7 Å². The van der Waals surface area contributed by atoms with E-state index in [4.69, 9.17) is 5.11 Å². The van der Waals surface area contributed by atoms with Gasteiger partial charge in [0.25, 0.3) is 6.43 Å². The van der Waals surface area contributed by atoms with Gasteiger partial charge < -0.3 is 10.2 Å². The Kier molecular flexibility index (Phi) is 4.17. The molecule has 1 aromatic rings. The molecule has 7 heteroatoms. The number of alkyl halides is 3. The number of carbonyl (C=O) groups is 1. The van der Waals surface area contributed by atoms with Gasteiger partial charge in [-0.3, -0.25) is 9.78 Å². The van der Waals surface area contributed by atoms with Crippen LogP contribution < -0.4 is 0 Å². The molecule has 4 nitrogen and oxygen atoms in total. The maximum absolute atomic E-state index is 12.6. The van der Waals surface area contributed by atoms with E-state index in [-0.39, 0.29) is 22.2 Å². The molecule has 0 bridgehead atoms. The molecule has 0 spiro atoms. The van der Waals surface area contributed by atoms with Crippen LogP contribution in [0.3, 0.4) is 0 Å². The van der Waals surface area contributed by atoms with Gasteiger partial charge in [0.05, 0.1) is 12.6 Å². The van der Waals surface area contributed by atoms with E-state index in [1.165, 1.54) is 0 Å². The number of aliphatic carboxylic acids is 1. The second-order valence-corrected chi connectivity index (χ2v) is 3.55. The van der Waals surface area contributed by atoms with Crippen LogP contribution >= 0.6 is 15.9 Å². The molecule has 1 rings (SSSR count). The average Bonchev–Trinajstić information content (AvgIpc) is 2.16. The van der Waals surface area contributed by atoms with E-state index in [1.807, 2.05) is 0 Å². The van der Waals surface area contributed by atoms with Crippen molar-refractivity contribution in [1.82, 2.24) is 4.98 Å². The second-order valence-electron chi connectivity index (χ2n) is 2.99. The number of pyridine rings is 1. The standard InChI is InChI=1S/C9H8BrF2NO3/c10-2-5-4(1-7(15)16)8(9(11)12)13-3-6(5)14/h3,9,14H,1-2H2,(H,15,16). The summed E-state index contributed by atoms with van der Waals surface area (Å²) < 4.78 is 25.1. The molecule has 0 saturated heterocycles. The average molecular weight is 296 g/mol. The molecular formula is C9H8BrF2NO3. The number of carboxylic acid groups (broad SMARTS) is 1. The Labute approximate surface area is 98.1 Å². The van der Waals surface area contributed by atoms with Crippen LogP contribution in [0.15, 0.2) is 6.20 Å². The lowest BCUT2D eigenvalue weighted by Gasteiger charge is -2.11. The highest BCUT2D eigenvalue weighted by Crippen LogP contribution is 2.30. The Morgan fingerprint density at radius 1 is 1.50 bits per heavy atom. The van der Waals surface area contributed by atoms with Gasteiger partial charge in [-0.05, 0) is 5.56 Å². The van der Waals surface area contributed by atoms with Gasteiger partial charge in [-0.25, -0.2) is 8.78 Å². The maximum atomic E-state index is 12.6. The molecule has 0 unspecified atom stereocenters. The zero-order valence-corrected chi connectivity index (χ0v) is 9.54. The van der Waals surface area contributed by atoms with Crippen molar-refractivity contribution in [1.29, 1.82) is 0 Å². The highest BCUT2D eigenvalue weighted by atomic mass is 79.9. The summed E-state index contributed by atoms with van der Waals surface area (Å²) >= 11 is 3.01. The fourth-order valence-electron chi connectivity index (χ4n) is 1.28. The molecule has 0 aromatic carbocycles. The molecule has 16 heavy (non-hydrogen) atoms. The highest BCUT2D eigenvalue weighted by Gasteiger charge is 2.21. The topological polar surface area (TPSA) is 70.4 Å². The van der Waals surface area contributed by atoms with Crippen molar-refractivity contribution < 1.29 is 23.8 Å². The lowest BCUT2D eigenvalue weighted by molar-refractivity contribution is -0.136. The number of hydrogen-bond donors (Lipinski definition) is 2. The van der Waals surface area contributed by atoms with Crippen molar-refractivity contribution in [3.8, 4) is 5.75 Å². The lowest BCUT2D eigenvalue weighted by atomic mass is 10.0. The molecule has 2 N–H and O–H groups in total. The van der Waals surface area contributed by atoms with Gasteiger partial charge in [-0.1, -0.05) is 15.9 Å². The first-order chi connectivity index (χ1) is 7.47. The van der Waals surface area contributed by atoms with Gasteiger partial charge in [0.2, 0.25) is 0 Å². The van der Waals surface area contributed by atoms with Crippen molar-refractivity contribution in [3.05, 3.63) is 23.0 Å². The van der Waals surface area contributed by atoms with Crippen molar-refractivity contribution in [2.45, 2.75) is 18.2 Å². The molecule has 1 aromatic heterocycles. The summed E-state index contributed by atoms with van der Waals surface area (Å²) in [4.78, 5) is 13.9. The number of aromatic hydroxyl groups is 1. The summed E-state index contributed by atoms with van der Waals surface area (Å²) in [6.45, 7) is 0. The summed E-state index contributed by atoms with van der Waals surface area (Å²) in [5.74, 6) is -1.55. The molecule has 0 amide bonds. The normalized spacial score (nSPS) is 10.8. The number of hydrogen-bond acceptors (Lipinski definition) is 3. The zero-order valence-electron chi connectivity index (χ0n) is 7.95. The molecule has 0 aliphatic heterocycles. The predicted molar refractivity (Wildman–Crippen MR) is 54.8 cm³/mol. The molecule has 88 valence electrons. The molecular weight excluding hydrogens is 288 g/mol. The van der Waals surface area contributed by atoms with Crippen LogP contribution in [0, 0.1) is 0 Å². The number of nitrogens with zero attached hydrogens (tertiary/aromatic N) is 1. The SMILES string of the molecule is O=C(O)Cc1c(C(F)F)ncc(O)c1CBr. The monoisotopic (exact) mass is 295 g/mol. The summed E-state index contributed by atoms with van der Waals surface area (Å²) in [6, 6.07) is 0. The Morgan fingerprint density at radius 3 is 2.56 bits per heavy atom. The Hall–Kier alpha value is -1.24. The minimum atomic E-state index is -2.87. The first-order valence-electron chi connectivity index (χ1n) is 4.22. The first kappa shape index (κ1) is 12.8. The summed E-state index contributed by atoms with van der Waals surface area (Å²) in [5, 5.41) is 18.1. The number of carboxylic acids is 1. The van der Waals surface area contributed by atoms with Crippen molar-refractivity contribution in [2.75, 3.05) is 0 Å². The summed E-state index contributed by atoms with van der Waals surface area (Å²) in [5.41, 5.74) is -0.610. The fourth-order valence-corrected chi connectivity index (χ4v) is 1.91. The van der Waals surface area contributed by atoms with Gasteiger partial charge >= 0.3 is 5.97 Å². The van der Waals surface area contributed by atoms with Crippen LogP contribution in [-0.4, -0.2) is 21.2 Å². The van der Waals surface area contributed by atoms with E-state index < -0.39 is 24.5 Å². The molecule has 0 fully saturated rings. The number of rotatable bonds is 4. The molecule has 0 aliphatic carbocycles. The smallest absolute Gasteiger partial charge is 0.307 e. The Balaban J connectivity index is 3.34. The van der Waals surface area contributed by atoms with Crippen LogP contribution in [0.2, 0.25) is 0 Å². The zero-order chi connectivity index (χ0) is 12.3. The lowest BCUT2D eigenvalue weighted by Crippen LogP contribution is -2.09. The van der Waals surface area contributed by atoms with Crippen LogP contribution in [-0.2, 0) is 16.5 Å². The van der Waals surface area contributed by atoms with Crippen molar-refractivity contribution >= 4 is 21.9 Å². The van der Waals surface area contributed by atoms with E-state index >= 15 is 0 Å². The molecule has 0 radical (unpaired) electrons. The van der Waals surface area contributed by atoms with Gasteiger partial charge in [-0.2, -0.15) is 0 Å². The van der Waals surface area contributed by atoms with Crippen LogP contribution in [0.5, 0.6) is 5.75 Å². The Bertz CT molecular complexity index is 412. The van der Waals surface area contributed by atoms with Crippen LogP contribution in [0.4, 0.5) is 8.78 Å². The van der Waals surface area contributed by atoms with Crippen molar-refractivity contribution in [2.24, 2.45) is 0 Å². The summed E-state index contributed by atoms with van der Waals surface area (Å²) in [7, 11) is 0. The first-order valence-corrected chi connectivity index (χ1v) is 5.35. The number of aromatic nitrogens is 1. The third-order valence-corrected chi connectivity index (χ3v) is 2.54. The fraction of sp³-hybridized carbons (Fsp3) is 0.333. The van der Waals surface area contributed by atoms with Gasteiger partial charge in [0.1, 0.15) is 11.4 Å². The number of halogens is 3. The maximum Gasteiger partial charge on any atom is 0.307 e. The van der Waals surface area contributed by atoms with E-state index in [2.05, 4.69) is 20.9 Å². The molecule has 1 heterocycles. The van der Waals surface area contributed by atoms with E-state index in [1.54, 1.807) is 0 Å².